The van der Waals surface area contributed by atoms with E-state index in [1.165, 1.54) is 17.8 Å². The molecule has 0 saturated heterocycles. The SMILES string of the molecule is NC1CCC(c2nncs2)CC1. The van der Waals surface area contributed by atoms with Gasteiger partial charge in [-0.1, -0.05) is 0 Å². The molecule has 1 aliphatic rings. The molecule has 12 heavy (non-hydrogen) atoms. The van der Waals surface area contributed by atoms with Crippen molar-refractivity contribution < 1.29 is 0 Å². The van der Waals surface area contributed by atoms with E-state index in [2.05, 4.69) is 10.2 Å². The molecule has 0 amide bonds. The summed E-state index contributed by atoms with van der Waals surface area (Å²) in [6, 6.07) is 0.425. The number of nitrogens with two attached hydrogens (primary N) is 1. The molecule has 0 atom stereocenters. The first kappa shape index (κ1) is 8.13. The fourth-order valence-corrected chi connectivity index (χ4v) is 2.45. The average molecular weight is 183 g/mol. The fraction of sp³-hybridized carbons (Fsp3) is 0.750. The Hall–Kier alpha value is -0.480. The number of aromatic nitrogens is 2. The highest BCUT2D eigenvalue weighted by atomic mass is 32.1. The third-order valence-corrected chi connectivity index (χ3v) is 3.35. The van der Waals surface area contributed by atoms with Gasteiger partial charge < -0.3 is 5.73 Å². The number of hydrogen-bond acceptors (Lipinski definition) is 4. The summed E-state index contributed by atoms with van der Waals surface area (Å²) >= 11 is 1.67. The molecule has 1 aliphatic carbocycles. The van der Waals surface area contributed by atoms with E-state index in [1.54, 1.807) is 11.3 Å². The zero-order valence-electron chi connectivity index (χ0n) is 6.94. The quantitative estimate of drug-likeness (QED) is 0.718. The van der Waals surface area contributed by atoms with E-state index < -0.39 is 0 Å². The van der Waals surface area contributed by atoms with Crippen LogP contribution in [0.5, 0.6) is 0 Å². The van der Waals surface area contributed by atoms with Gasteiger partial charge in [-0.2, -0.15) is 0 Å². The Morgan fingerprint density at radius 3 is 2.67 bits per heavy atom. The van der Waals surface area contributed by atoms with Gasteiger partial charge in [0.2, 0.25) is 0 Å². The summed E-state index contributed by atoms with van der Waals surface area (Å²) in [5.74, 6) is 0.636. The predicted molar refractivity (Wildman–Crippen MR) is 49.1 cm³/mol. The molecule has 0 unspecified atom stereocenters. The molecular formula is C8H13N3S. The smallest absolute Gasteiger partial charge is 0.120 e. The second-order valence-corrected chi connectivity index (χ2v) is 4.25. The second-order valence-electron chi connectivity index (χ2n) is 3.39. The fourth-order valence-electron chi connectivity index (χ4n) is 1.73. The van der Waals surface area contributed by atoms with E-state index in [9.17, 15) is 0 Å². The molecule has 1 aromatic rings. The van der Waals surface area contributed by atoms with Gasteiger partial charge >= 0.3 is 0 Å². The summed E-state index contributed by atoms with van der Waals surface area (Å²) in [4.78, 5) is 0. The molecule has 1 heterocycles. The minimum Gasteiger partial charge on any atom is -0.328 e. The van der Waals surface area contributed by atoms with Crippen LogP contribution in [0.2, 0.25) is 0 Å². The molecule has 1 saturated carbocycles. The Kier molecular flexibility index (Phi) is 2.37. The first-order valence-corrected chi connectivity index (χ1v) is 5.26. The van der Waals surface area contributed by atoms with E-state index >= 15 is 0 Å². The minimum atomic E-state index is 0.425. The molecule has 3 nitrogen and oxygen atoms in total. The number of nitrogens with zero attached hydrogens (tertiary/aromatic N) is 2. The number of rotatable bonds is 1. The first-order chi connectivity index (χ1) is 5.86. The Morgan fingerprint density at radius 2 is 2.08 bits per heavy atom. The van der Waals surface area contributed by atoms with E-state index in [4.69, 9.17) is 5.73 Å². The molecule has 0 radical (unpaired) electrons. The lowest BCUT2D eigenvalue weighted by molar-refractivity contribution is 0.393. The third-order valence-electron chi connectivity index (χ3n) is 2.50. The highest BCUT2D eigenvalue weighted by molar-refractivity contribution is 7.09. The number of hydrogen-bond donors (Lipinski definition) is 1. The van der Waals surface area contributed by atoms with Gasteiger partial charge in [0.25, 0.3) is 0 Å². The van der Waals surface area contributed by atoms with Crippen LogP contribution >= 0.6 is 11.3 Å². The standard InChI is InChI=1S/C8H13N3S/c9-7-3-1-6(2-4-7)8-11-10-5-12-8/h5-7H,1-4,9H2. The van der Waals surface area contributed by atoms with Crippen molar-refractivity contribution in [1.29, 1.82) is 0 Å². The van der Waals surface area contributed by atoms with Crippen LogP contribution in [0.4, 0.5) is 0 Å². The van der Waals surface area contributed by atoms with E-state index in [0.29, 0.717) is 12.0 Å². The summed E-state index contributed by atoms with van der Waals surface area (Å²) < 4.78 is 0. The molecule has 0 aliphatic heterocycles. The largest absolute Gasteiger partial charge is 0.328 e. The Balaban J connectivity index is 1.99. The summed E-state index contributed by atoms with van der Waals surface area (Å²) in [5, 5.41) is 9.14. The van der Waals surface area contributed by atoms with Crippen molar-refractivity contribution in [1.82, 2.24) is 10.2 Å². The maximum Gasteiger partial charge on any atom is 0.120 e. The zero-order valence-corrected chi connectivity index (χ0v) is 7.76. The first-order valence-electron chi connectivity index (χ1n) is 4.38. The van der Waals surface area contributed by atoms with Crippen LogP contribution in [0.15, 0.2) is 5.51 Å². The maximum absolute atomic E-state index is 5.82. The lowest BCUT2D eigenvalue weighted by atomic mass is 9.87. The van der Waals surface area contributed by atoms with Crippen molar-refractivity contribution in [2.24, 2.45) is 5.73 Å². The van der Waals surface area contributed by atoms with Gasteiger partial charge in [-0.15, -0.1) is 21.5 Å². The summed E-state index contributed by atoms with van der Waals surface area (Å²) in [6.07, 6.45) is 4.67. The highest BCUT2D eigenvalue weighted by Gasteiger charge is 2.21. The van der Waals surface area contributed by atoms with Gasteiger partial charge in [0.05, 0.1) is 0 Å². The van der Waals surface area contributed by atoms with Crippen molar-refractivity contribution in [3.8, 4) is 0 Å². The van der Waals surface area contributed by atoms with Crippen molar-refractivity contribution in [3.05, 3.63) is 10.5 Å². The van der Waals surface area contributed by atoms with Crippen molar-refractivity contribution in [2.75, 3.05) is 0 Å². The van der Waals surface area contributed by atoms with E-state index in [-0.39, 0.29) is 0 Å². The molecular weight excluding hydrogens is 170 g/mol. The van der Waals surface area contributed by atoms with E-state index in [0.717, 1.165) is 12.8 Å². The average Bonchev–Trinajstić information content (AvgIpc) is 2.58. The normalized spacial score (nSPS) is 30.4. The molecule has 66 valence electrons. The Bertz CT molecular complexity index is 226. The molecule has 4 heteroatoms. The monoisotopic (exact) mass is 183 g/mol. The predicted octanol–water partition coefficient (Wildman–Crippen LogP) is 1.52. The van der Waals surface area contributed by atoms with Crippen LogP contribution in [0.25, 0.3) is 0 Å². The van der Waals surface area contributed by atoms with Crippen molar-refractivity contribution in [2.45, 2.75) is 37.6 Å². The van der Waals surface area contributed by atoms with Gasteiger partial charge in [0.15, 0.2) is 0 Å². The van der Waals surface area contributed by atoms with Gasteiger partial charge in [-0.05, 0) is 25.7 Å². The molecule has 1 aromatic heterocycles. The topological polar surface area (TPSA) is 51.8 Å². The molecule has 0 spiro atoms. The molecule has 0 aromatic carbocycles. The van der Waals surface area contributed by atoms with Crippen molar-refractivity contribution >= 4 is 11.3 Å². The van der Waals surface area contributed by atoms with E-state index in [1.807, 2.05) is 5.51 Å². The Morgan fingerprint density at radius 1 is 1.33 bits per heavy atom. The van der Waals surface area contributed by atoms with Crippen LogP contribution in [0, 0.1) is 0 Å². The lowest BCUT2D eigenvalue weighted by Crippen LogP contribution is -2.25. The van der Waals surface area contributed by atoms with Crippen LogP contribution in [-0.2, 0) is 0 Å². The lowest BCUT2D eigenvalue weighted by Gasteiger charge is -2.23. The van der Waals surface area contributed by atoms with Gasteiger partial charge in [0.1, 0.15) is 10.5 Å². The molecule has 2 rings (SSSR count). The maximum atomic E-state index is 5.82. The summed E-state index contributed by atoms with van der Waals surface area (Å²) in [7, 11) is 0. The van der Waals surface area contributed by atoms with Crippen LogP contribution in [0.3, 0.4) is 0 Å². The van der Waals surface area contributed by atoms with Crippen molar-refractivity contribution in [3.63, 3.8) is 0 Å². The van der Waals surface area contributed by atoms with Crippen LogP contribution < -0.4 is 5.73 Å². The van der Waals surface area contributed by atoms with Gasteiger partial charge in [0, 0.05) is 12.0 Å². The van der Waals surface area contributed by atoms with Crippen LogP contribution in [-0.4, -0.2) is 16.2 Å². The molecule has 0 bridgehead atoms. The Labute approximate surface area is 76.0 Å². The summed E-state index contributed by atoms with van der Waals surface area (Å²) in [6.45, 7) is 0. The van der Waals surface area contributed by atoms with Gasteiger partial charge in [-0.3, -0.25) is 0 Å². The molecule has 2 N–H and O–H groups in total. The third kappa shape index (κ3) is 1.64. The van der Waals surface area contributed by atoms with Crippen LogP contribution in [0.1, 0.15) is 36.6 Å². The highest BCUT2D eigenvalue weighted by Crippen LogP contribution is 2.32. The van der Waals surface area contributed by atoms with Gasteiger partial charge in [-0.25, -0.2) is 0 Å². The zero-order chi connectivity index (χ0) is 8.39. The minimum absolute atomic E-state index is 0.425. The second kappa shape index (κ2) is 3.49. The summed E-state index contributed by atoms with van der Waals surface area (Å²) in [5.41, 5.74) is 7.63. The molecule has 1 fully saturated rings.